The fourth-order valence-electron chi connectivity index (χ4n) is 2.99. The lowest BCUT2D eigenvalue weighted by Crippen LogP contribution is -2.30. The molecule has 2 aromatic carbocycles. The molecular weight excluding hydrogens is 377 g/mol. The fraction of sp³-hybridized carbons (Fsp3) is 0.278. The van der Waals surface area contributed by atoms with Gasteiger partial charge in [0.25, 0.3) is 11.6 Å². The Bertz CT molecular complexity index is 852. The Morgan fingerprint density at radius 3 is 2.42 bits per heavy atom. The van der Waals surface area contributed by atoms with Gasteiger partial charge in [0, 0.05) is 30.4 Å². The van der Waals surface area contributed by atoms with Gasteiger partial charge in [-0.1, -0.05) is 23.2 Å². The van der Waals surface area contributed by atoms with E-state index in [1.807, 2.05) is 4.90 Å². The highest BCUT2D eigenvalue weighted by Gasteiger charge is 2.23. The topological polar surface area (TPSA) is 75.5 Å². The van der Waals surface area contributed by atoms with Gasteiger partial charge in [0.15, 0.2) is 0 Å². The second-order valence-corrected chi connectivity index (χ2v) is 6.91. The van der Waals surface area contributed by atoms with Gasteiger partial charge >= 0.3 is 0 Å². The first-order valence-electron chi connectivity index (χ1n) is 8.25. The molecule has 0 aliphatic carbocycles. The van der Waals surface area contributed by atoms with Crippen LogP contribution in [0.2, 0.25) is 10.0 Å². The third kappa shape index (κ3) is 4.08. The Hall–Kier alpha value is -2.31. The molecule has 0 spiro atoms. The molecule has 0 bridgehead atoms. The highest BCUT2D eigenvalue weighted by atomic mass is 35.5. The molecule has 1 N–H and O–H groups in total. The van der Waals surface area contributed by atoms with Gasteiger partial charge in [-0.2, -0.15) is 0 Å². The summed E-state index contributed by atoms with van der Waals surface area (Å²) in [5, 5.41) is 14.9. The zero-order valence-corrected chi connectivity index (χ0v) is 15.4. The van der Waals surface area contributed by atoms with Gasteiger partial charge in [-0.15, -0.1) is 0 Å². The van der Waals surface area contributed by atoms with Gasteiger partial charge in [0.05, 0.1) is 15.0 Å². The van der Waals surface area contributed by atoms with E-state index in [2.05, 4.69) is 5.32 Å². The van der Waals surface area contributed by atoms with Crippen LogP contribution in [0.5, 0.6) is 0 Å². The molecule has 136 valence electrons. The summed E-state index contributed by atoms with van der Waals surface area (Å²) in [5.41, 5.74) is 1.17. The van der Waals surface area contributed by atoms with Crippen molar-refractivity contribution in [1.29, 1.82) is 0 Å². The van der Waals surface area contributed by atoms with Crippen LogP contribution in [0.3, 0.4) is 0 Å². The van der Waals surface area contributed by atoms with E-state index in [1.54, 1.807) is 24.3 Å². The van der Waals surface area contributed by atoms with E-state index in [0.717, 1.165) is 32.4 Å². The average molecular weight is 394 g/mol. The molecule has 26 heavy (non-hydrogen) atoms. The summed E-state index contributed by atoms with van der Waals surface area (Å²) < 4.78 is 0. The summed E-state index contributed by atoms with van der Waals surface area (Å²) in [7, 11) is 0. The number of halogens is 2. The number of hydrogen-bond donors (Lipinski definition) is 1. The Morgan fingerprint density at radius 2 is 1.77 bits per heavy atom. The molecule has 3 rings (SSSR count). The van der Waals surface area contributed by atoms with Crippen LogP contribution in [0.4, 0.5) is 17.1 Å². The van der Waals surface area contributed by atoms with Gasteiger partial charge in [-0.05, 0) is 49.6 Å². The number of carbonyl (C=O) groups excluding carboxylic acids is 1. The Morgan fingerprint density at radius 1 is 1.04 bits per heavy atom. The number of benzene rings is 2. The summed E-state index contributed by atoms with van der Waals surface area (Å²) >= 11 is 11.8. The normalized spacial score (nSPS) is 14.2. The molecule has 0 aromatic heterocycles. The maximum atomic E-state index is 12.4. The Kier molecular flexibility index (Phi) is 5.64. The Balaban J connectivity index is 1.85. The van der Waals surface area contributed by atoms with Crippen LogP contribution in [-0.4, -0.2) is 23.9 Å². The van der Waals surface area contributed by atoms with E-state index in [1.165, 1.54) is 12.1 Å². The zero-order valence-electron chi connectivity index (χ0n) is 13.9. The first-order valence-corrected chi connectivity index (χ1v) is 9.01. The van der Waals surface area contributed by atoms with Gasteiger partial charge in [-0.25, -0.2) is 0 Å². The summed E-state index contributed by atoms with van der Waals surface area (Å²) in [4.78, 5) is 25.5. The largest absolute Gasteiger partial charge is 0.366 e. The molecule has 1 aliphatic rings. The van der Waals surface area contributed by atoms with E-state index in [-0.39, 0.29) is 11.3 Å². The average Bonchev–Trinajstić information content (AvgIpc) is 2.65. The van der Waals surface area contributed by atoms with E-state index in [4.69, 9.17) is 23.2 Å². The number of amides is 1. The number of nitro benzene ring substituents is 1. The minimum Gasteiger partial charge on any atom is -0.366 e. The third-order valence-corrected chi connectivity index (χ3v) is 5.05. The second-order valence-electron chi connectivity index (χ2n) is 6.09. The highest BCUT2D eigenvalue weighted by molar-refractivity contribution is 6.42. The molecule has 0 unspecified atom stereocenters. The van der Waals surface area contributed by atoms with Crippen LogP contribution in [0.25, 0.3) is 0 Å². The van der Waals surface area contributed by atoms with Crippen LogP contribution < -0.4 is 10.2 Å². The quantitative estimate of drug-likeness (QED) is 0.575. The van der Waals surface area contributed by atoms with Gasteiger partial charge in [0.1, 0.15) is 5.69 Å². The first-order chi connectivity index (χ1) is 12.5. The fourth-order valence-corrected chi connectivity index (χ4v) is 3.29. The molecular formula is C18H17Cl2N3O3. The lowest BCUT2D eigenvalue weighted by molar-refractivity contribution is -0.384. The van der Waals surface area contributed by atoms with E-state index < -0.39 is 10.8 Å². The molecule has 1 fully saturated rings. The zero-order chi connectivity index (χ0) is 18.7. The van der Waals surface area contributed by atoms with Crippen LogP contribution >= 0.6 is 23.2 Å². The molecule has 1 saturated heterocycles. The minimum absolute atomic E-state index is 0.0614. The van der Waals surface area contributed by atoms with Crippen molar-refractivity contribution in [2.45, 2.75) is 19.3 Å². The van der Waals surface area contributed by atoms with E-state index in [0.29, 0.717) is 21.4 Å². The van der Waals surface area contributed by atoms with Crippen LogP contribution in [0.15, 0.2) is 36.4 Å². The maximum Gasteiger partial charge on any atom is 0.293 e. The van der Waals surface area contributed by atoms with Crippen molar-refractivity contribution in [2.75, 3.05) is 23.3 Å². The summed E-state index contributed by atoms with van der Waals surface area (Å²) in [6, 6.07) is 9.27. The van der Waals surface area contributed by atoms with Gasteiger partial charge < -0.3 is 10.2 Å². The van der Waals surface area contributed by atoms with Gasteiger partial charge in [0.2, 0.25) is 0 Å². The highest BCUT2D eigenvalue weighted by Crippen LogP contribution is 2.32. The molecule has 2 aromatic rings. The molecule has 0 saturated carbocycles. The third-order valence-electron chi connectivity index (χ3n) is 4.31. The number of anilines is 2. The molecule has 1 heterocycles. The molecule has 1 amide bonds. The lowest BCUT2D eigenvalue weighted by atomic mass is 10.1. The Labute approximate surface area is 160 Å². The van der Waals surface area contributed by atoms with Crippen LogP contribution in [-0.2, 0) is 0 Å². The number of carbonyl (C=O) groups is 1. The SMILES string of the molecule is O=C(Nc1ccc(Cl)c(Cl)c1)c1ccc(N2CCCCC2)c([N+](=O)[O-])c1. The van der Waals surface area contributed by atoms with Crippen molar-refractivity contribution in [2.24, 2.45) is 0 Å². The van der Waals surface area contributed by atoms with E-state index in [9.17, 15) is 14.9 Å². The monoisotopic (exact) mass is 393 g/mol. The number of nitrogens with one attached hydrogen (secondary N) is 1. The number of piperidine rings is 1. The van der Waals surface area contributed by atoms with Crippen LogP contribution in [0, 0.1) is 10.1 Å². The molecule has 8 heteroatoms. The number of rotatable bonds is 4. The molecule has 0 radical (unpaired) electrons. The number of nitrogens with zero attached hydrogens (tertiary/aromatic N) is 2. The maximum absolute atomic E-state index is 12.4. The smallest absolute Gasteiger partial charge is 0.293 e. The predicted molar refractivity (Wildman–Crippen MR) is 104 cm³/mol. The summed E-state index contributed by atoms with van der Waals surface area (Å²) in [6.07, 6.45) is 3.15. The van der Waals surface area contributed by atoms with Gasteiger partial charge in [-0.3, -0.25) is 14.9 Å². The first kappa shape index (κ1) is 18.5. The lowest BCUT2D eigenvalue weighted by Gasteiger charge is -2.28. The summed E-state index contributed by atoms with van der Waals surface area (Å²) in [5.74, 6) is -0.448. The van der Waals surface area contributed by atoms with Crippen molar-refractivity contribution in [3.8, 4) is 0 Å². The number of nitro groups is 1. The van der Waals surface area contributed by atoms with Crippen molar-refractivity contribution < 1.29 is 9.72 Å². The van der Waals surface area contributed by atoms with E-state index >= 15 is 0 Å². The minimum atomic E-state index is -0.448. The number of hydrogen-bond acceptors (Lipinski definition) is 4. The molecule has 1 aliphatic heterocycles. The standard InChI is InChI=1S/C18H17Cl2N3O3/c19-14-6-5-13(11-15(14)20)21-18(24)12-4-7-16(17(10-12)23(25)26)22-8-2-1-3-9-22/h4-7,10-11H,1-3,8-9H2,(H,21,24). The summed E-state index contributed by atoms with van der Waals surface area (Å²) in [6.45, 7) is 1.57. The second kappa shape index (κ2) is 7.93. The van der Waals surface area contributed by atoms with Crippen molar-refractivity contribution in [1.82, 2.24) is 0 Å². The van der Waals surface area contributed by atoms with Crippen molar-refractivity contribution in [3.63, 3.8) is 0 Å². The van der Waals surface area contributed by atoms with Crippen molar-refractivity contribution >= 4 is 46.2 Å². The molecule has 0 atom stereocenters. The molecule has 6 nitrogen and oxygen atoms in total. The van der Waals surface area contributed by atoms with Crippen LogP contribution in [0.1, 0.15) is 29.6 Å². The predicted octanol–water partition coefficient (Wildman–Crippen LogP) is 5.14. The van der Waals surface area contributed by atoms with Crippen molar-refractivity contribution in [3.05, 3.63) is 62.1 Å².